The average molecular weight is 330 g/mol. The lowest BCUT2D eigenvalue weighted by Gasteiger charge is -2.05. The Balaban J connectivity index is 1.51. The predicted octanol–water partition coefficient (Wildman–Crippen LogP) is -0.232. The molecule has 1 aromatic carbocycles. The highest BCUT2D eigenvalue weighted by Gasteiger charge is 2.11. The molecule has 0 saturated heterocycles. The standard InChI is InChI=1S/C14H14N6O4/c15-14-16-12(21)11-18-17-10(20(11)19-14)8-23-6-7-24-13(22)9-4-2-1-3-5-9/h1-5H,6-8H2,(H3,15,16,19,21). The number of nitrogen functional groups attached to an aromatic ring is 1. The molecule has 2 heterocycles. The molecule has 0 aliphatic rings. The zero-order valence-electron chi connectivity index (χ0n) is 12.5. The van der Waals surface area contributed by atoms with Crippen LogP contribution in [-0.4, -0.2) is 44.0 Å². The highest BCUT2D eigenvalue weighted by molar-refractivity contribution is 5.89. The lowest BCUT2D eigenvalue weighted by molar-refractivity contribution is 0.0276. The SMILES string of the molecule is Nc1nn2c(COCCOC(=O)c3ccccc3)nnc2c(=O)[nH]1. The van der Waals surface area contributed by atoms with Crippen LogP contribution in [0.25, 0.3) is 5.65 Å². The third-order valence-electron chi connectivity index (χ3n) is 3.06. The zero-order chi connectivity index (χ0) is 16.9. The molecule has 24 heavy (non-hydrogen) atoms. The van der Waals surface area contributed by atoms with E-state index in [4.69, 9.17) is 15.2 Å². The van der Waals surface area contributed by atoms with Crippen molar-refractivity contribution in [3.63, 3.8) is 0 Å². The summed E-state index contributed by atoms with van der Waals surface area (Å²) in [6.45, 7) is 0.284. The third kappa shape index (κ3) is 3.38. The van der Waals surface area contributed by atoms with E-state index in [1.54, 1.807) is 24.3 Å². The molecule has 10 nitrogen and oxygen atoms in total. The van der Waals surface area contributed by atoms with Crippen LogP contribution in [0.3, 0.4) is 0 Å². The van der Waals surface area contributed by atoms with E-state index < -0.39 is 11.5 Å². The van der Waals surface area contributed by atoms with Gasteiger partial charge in [-0.3, -0.25) is 9.78 Å². The van der Waals surface area contributed by atoms with Crippen LogP contribution in [-0.2, 0) is 16.1 Å². The van der Waals surface area contributed by atoms with Crippen molar-refractivity contribution in [2.24, 2.45) is 0 Å². The molecular weight excluding hydrogens is 316 g/mol. The molecular formula is C14H14N6O4. The first-order chi connectivity index (χ1) is 11.6. The molecule has 124 valence electrons. The number of nitrogens with one attached hydrogen (secondary N) is 1. The van der Waals surface area contributed by atoms with Crippen molar-refractivity contribution in [1.29, 1.82) is 0 Å². The smallest absolute Gasteiger partial charge is 0.338 e. The van der Waals surface area contributed by atoms with Crippen molar-refractivity contribution in [3.8, 4) is 0 Å². The van der Waals surface area contributed by atoms with Gasteiger partial charge in [-0.05, 0) is 12.1 Å². The highest BCUT2D eigenvalue weighted by Crippen LogP contribution is 2.02. The van der Waals surface area contributed by atoms with E-state index in [9.17, 15) is 9.59 Å². The minimum absolute atomic E-state index is 0.0262. The van der Waals surface area contributed by atoms with Gasteiger partial charge in [0.25, 0.3) is 5.56 Å². The van der Waals surface area contributed by atoms with Crippen molar-refractivity contribution in [2.75, 3.05) is 18.9 Å². The molecule has 3 rings (SSSR count). The van der Waals surface area contributed by atoms with Gasteiger partial charge in [0.2, 0.25) is 11.6 Å². The summed E-state index contributed by atoms with van der Waals surface area (Å²) in [5.74, 6) is -0.157. The number of anilines is 1. The maximum Gasteiger partial charge on any atom is 0.338 e. The Bertz CT molecular complexity index is 905. The van der Waals surface area contributed by atoms with Gasteiger partial charge in [-0.1, -0.05) is 18.2 Å². The van der Waals surface area contributed by atoms with Crippen LogP contribution in [0, 0.1) is 0 Å². The Labute approximate surface area is 135 Å². The first-order valence-electron chi connectivity index (χ1n) is 7.05. The van der Waals surface area contributed by atoms with Crippen LogP contribution in [0.4, 0.5) is 5.95 Å². The molecule has 10 heteroatoms. The largest absolute Gasteiger partial charge is 0.460 e. The Hall–Kier alpha value is -3.27. The summed E-state index contributed by atoms with van der Waals surface area (Å²) in [6, 6.07) is 8.65. The number of ether oxygens (including phenoxy) is 2. The van der Waals surface area contributed by atoms with Gasteiger partial charge in [0.15, 0.2) is 5.82 Å². The van der Waals surface area contributed by atoms with E-state index in [1.165, 1.54) is 4.52 Å². The molecule has 0 aliphatic carbocycles. The maximum atomic E-state index is 11.7. The Morgan fingerprint density at radius 3 is 2.79 bits per heavy atom. The number of benzene rings is 1. The molecule has 0 unspecified atom stereocenters. The second-order valence-corrected chi connectivity index (χ2v) is 4.75. The van der Waals surface area contributed by atoms with Gasteiger partial charge in [0.1, 0.15) is 13.2 Å². The van der Waals surface area contributed by atoms with E-state index >= 15 is 0 Å². The van der Waals surface area contributed by atoms with Gasteiger partial charge in [0.05, 0.1) is 12.2 Å². The van der Waals surface area contributed by atoms with Crippen molar-refractivity contribution >= 4 is 17.6 Å². The molecule has 0 spiro atoms. The number of hydrogen-bond acceptors (Lipinski definition) is 8. The fraction of sp³-hybridized carbons (Fsp3) is 0.214. The van der Waals surface area contributed by atoms with E-state index in [0.717, 1.165) is 0 Å². The molecule has 0 atom stereocenters. The van der Waals surface area contributed by atoms with E-state index in [0.29, 0.717) is 11.4 Å². The fourth-order valence-electron chi connectivity index (χ4n) is 1.97. The summed E-state index contributed by atoms with van der Waals surface area (Å²) >= 11 is 0. The van der Waals surface area contributed by atoms with Crippen LogP contribution >= 0.6 is 0 Å². The van der Waals surface area contributed by atoms with E-state index in [-0.39, 0.29) is 31.4 Å². The predicted molar refractivity (Wildman–Crippen MR) is 82.2 cm³/mol. The normalized spacial score (nSPS) is 10.8. The molecule has 3 N–H and O–H groups in total. The van der Waals surface area contributed by atoms with E-state index in [2.05, 4.69) is 20.3 Å². The number of carbonyl (C=O) groups is 1. The second-order valence-electron chi connectivity index (χ2n) is 4.75. The molecule has 0 radical (unpaired) electrons. The van der Waals surface area contributed by atoms with E-state index in [1.807, 2.05) is 6.07 Å². The Morgan fingerprint density at radius 2 is 2.00 bits per heavy atom. The van der Waals surface area contributed by atoms with Crippen LogP contribution in [0.15, 0.2) is 35.1 Å². The topological polar surface area (TPSA) is 137 Å². The van der Waals surface area contributed by atoms with Gasteiger partial charge in [-0.2, -0.15) is 4.52 Å². The number of esters is 1. The zero-order valence-corrected chi connectivity index (χ0v) is 12.5. The maximum absolute atomic E-state index is 11.7. The molecule has 0 bridgehead atoms. The number of carbonyl (C=O) groups excluding carboxylic acids is 1. The average Bonchev–Trinajstić information content (AvgIpc) is 2.98. The van der Waals surface area contributed by atoms with Crippen molar-refractivity contribution in [3.05, 3.63) is 52.1 Å². The summed E-state index contributed by atoms with van der Waals surface area (Å²) in [7, 11) is 0. The first-order valence-corrected chi connectivity index (χ1v) is 7.05. The number of hydrogen-bond donors (Lipinski definition) is 2. The molecule has 0 amide bonds. The Kier molecular flexibility index (Phi) is 4.47. The number of aromatic amines is 1. The van der Waals surface area contributed by atoms with Gasteiger partial charge >= 0.3 is 5.97 Å². The van der Waals surface area contributed by atoms with Gasteiger partial charge in [-0.15, -0.1) is 15.3 Å². The lowest BCUT2D eigenvalue weighted by atomic mass is 10.2. The minimum atomic E-state index is -0.488. The van der Waals surface area contributed by atoms with Crippen LogP contribution in [0.5, 0.6) is 0 Å². The van der Waals surface area contributed by atoms with Crippen molar-refractivity contribution < 1.29 is 14.3 Å². The van der Waals surface area contributed by atoms with Crippen molar-refractivity contribution in [2.45, 2.75) is 6.61 Å². The molecule has 2 aromatic heterocycles. The lowest BCUT2D eigenvalue weighted by Crippen LogP contribution is -2.17. The number of aromatic nitrogens is 5. The number of rotatable bonds is 6. The van der Waals surface area contributed by atoms with Crippen LogP contribution < -0.4 is 11.3 Å². The van der Waals surface area contributed by atoms with Crippen LogP contribution in [0.2, 0.25) is 0 Å². The minimum Gasteiger partial charge on any atom is -0.460 e. The summed E-state index contributed by atoms with van der Waals surface area (Å²) < 4.78 is 11.6. The molecule has 0 aliphatic heterocycles. The quantitative estimate of drug-likeness (QED) is 0.467. The first kappa shape index (κ1) is 15.6. The molecule has 0 fully saturated rings. The highest BCUT2D eigenvalue weighted by atomic mass is 16.6. The van der Waals surface area contributed by atoms with Crippen LogP contribution in [0.1, 0.15) is 16.2 Å². The van der Waals surface area contributed by atoms with Gasteiger partial charge in [-0.25, -0.2) is 4.79 Å². The monoisotopic (exact) mass is 330 g/mol. The fourth-order valence-corrected chi connectivity index (χ4v) is 1.97. The molecule has 0 saturated carbocycles. The third-order valence-corrected chi connectivity index (χ3v) is 3.06. The van der Waals surface area contributed by atoms with Crippen molar-refractivity contribution in [1.82, 2.24) is 24.8 Å². The van der Waals surface area contributed by atoms with Gasteiger partial charge < -0.3 is 15.2 Å². The number of H-pyrrole nitrogens is 1. The summed E-state index contributed by atoms with van der Waals surface area (Å²) in [6.07, 6.45) is 0. The number of nitrogens with zero attached hydrogens (tertiary/aromatic N) is 4. The molecule has 3 aromatic rings. The summed E-state index contributed by atoms with van der Waals surface area (Å²) in [5, 5.41) is 11.4. The summed E-state index contributed by atoms with van der Waals surface area (Å²) in [4.78, 5) is 25.6. The number of fused-ring (bicyclic) bond motifs is 1. The van der Waals surface area contributed by atoms with Gasteiger partial charge in [0, 0.05) is 0 Å². The number of nitrogens with two attached hydrogens (primary N) is 1. The second kappa shape index (κ2) is 6.87. The Morgan fingerprint density at radius 1 is 1.21 bits per heavy atom. The summed E-state index contributed by atoms with van der Waals surface area (Å²) in [5.41, 5.74) is 5.49.